The Morgan fingerprint density at radius 1 is 1.53 bits per heavy atom. The molecule has 1 aliphatic heterocycles. The Labute approximate surface area is 114 Å². The molecule has 2 amide bonds. The third kappa shape index (κ3) is 2.91. The van der Waals surface area contributed by atoms with E-state index in [2.05, 4.69) is 6.58 Å². The molecule has 1 fully saturated rings. The van der Waals surface area contributed by atoms with Gasteiger partial charge in [0.15, 0.2) is 0 Å². The van der Waals surface area contributed by atoms with E-state index in [0.717, 1.165) is 0 Å². The van der Waals surface area contributed by atoms with E-state index < -0.39 is 11.4 Å². The lowest BCUT2D eigenvalue weighted by molar-refractivity contribution is -0.150. The van der Waals surface area contributed by atoms with Gasteiger partial charge in [0.1, 0.15) is 0 Å². The number of carbonyl (C=O) groups is 2. The summed E-state index contributed by atoms with van der Waals surface area (Å²) < 4.78 is 0. The van der Waals surface area contributed by atoms with Crippen LogP contribution in [0.1, 0.15) is 27.2 Å². The first-order chi connectivity index (χ1) is 8.89. The van der Waals surface area contributed by atoms with Gasteiger partial charge in [-0.25, -0.2) is 4.79 Å². The van der Waals surface area contributed by atoms with Crippen molar-refractivity contribution in [3.8, 4) is 0 Å². The Bertz CT molecular complexity index is 368. The summed E-state index contributed by atoms with van der Waals surface area (Å²) in [5.41, 5.74) is -0.802. The van der Waals surface area contributed by atoms with Crippen LogP contribution < -0.4 is 0 Å². The summed E-state index contributed by atoms with van der Waals surface area (Å²) in [6.45, 7) is 11.3. The van der Waals surface area contributed by atoms with Gasteiger partial charge in [-0.15, -0.1) is 6.58 Å². The van der Waals surface area contributed by atoms with E-state index in [9.17, 15) is 14.7 Å². The van der Waals surface area contributed by atoms with Crippen molar-refractivity contribution in [3.05, 3.63) is 12.7 Å². The summed E-state index contributed by atoms with van der Waals surface area (Å²) in [6.07, 6.45) is 2.21. The van der Waals surface area contributed by atoms with Crippen LogP contribution in [0.3, 0.4) is 0 Å². The van der Waals surface area contributed by atoms with E-state index in [1.165, 1.54) is 0 Å². The number of aliphatic carboxylic acids is 1. The SMILES string of the molecule is C=CCN(CC)C(=O)N1CCC(C(=O)O)(C(C)C)C1. The number of hydrogen-bond acceptors (Lipinski definition) is 2. The van der Waals surface area contributed by atoms with E-state index in [-0.39, 0.29) is 11.9 Å². The Hall–Kier alpha value is -1.52. The molecule has 0 spiro atoms. The summed E-state index contributed by atoms with van der Waals surface area (Å²) in [6, 6.07) is -0.0915. The van der Waals surface area contributed by atoms with Crippen molar-refractivity contribution in [2.75, 3.05) is 26.2 Å². The molecule has 5 heteroatoms. The van der Waals surface area contributed by atoms with E-state index in [4.69, 9.17) is 0 Å². The summed E-state index contributed by atoms with van der Waals surface area (Å²) in [7, 11) is 0. The second-order valence-corrected chi connectivity index (χ2v) is 5.40. The van der Waals surface area contributed by atoms with E-state index in [1.54, 1.807) is 15.9 Å². The fourth-order valence-electron chi connectivity index (χ4n) is 2.59. The first kappa shape index (κ1) is 15.5. The zero-order valence-electron chi connectivity index (χ0n) is 12.1. The lowest BCUT2D eigenvalue weighted by Gasteiger charge is -2.30. The van der Waals surface area contributed by atoms with E-state index in [0.29, 0.717) is 32.6 Å². The molecule has 1 saturated heterocycles. The monoisotopic (exact) mass is 268 g/mol. The molecule has 108 valence electrons. The molecule has 0 aliphatic carbocycles. The first-order valence-electron chi connectivity index (χ1n) is 6.77. The maximum Gasteiger partial charge on any atom is 0.320 e. The highest BCUT2D eigenvalue weighted by Gasteiger charge is 2.48. The smallest absolute Gasteiger partial charge is 0.320 e. The van der Waals surface area contributed by atoms with Crippen LogP contribution in [-0.2, 0) is 4.79 Å². The number of carboxylic acids is 1. The maximum atomic E-state index is 12.3. The van der Waals surface area contributed by atoms with Crippen LogP contribution >= 0.6 is 0 Å². The molecule has 0 aromatic rings. The van der Waals surface area contributed by atoms with Gasteiger partial charge in [0, 0.05) is 26.2 Å². The topological polar surface area (TPSA) is 60.9 Å². The highest BCUT2D eigenvalue weighted by Crippen LogP contribution is 2.38. The zero-order chi connectivity index (χ0) is 14.6. The highest BCUT2D eigenvalue weighted by molar-refractivity contribution is 5.80. The van der Waals surface area contributed by atoms with Gasteiger partial charge in [-0.3, -0.25) is 4.79 Å². The maximum absolute atomic E-state index is 12.3. The molecule has 1 rings (SSSR count). The quantitative estimate of drug-likeness (QED) is 0.776. The van der Waals surface area contributed by atoms with Crippen molar-refractivity contribution < 1.29 is 14.7 Å². The van der Waals surface area contributed by atoms with Gasteiger partial charge in [0.05, 0.1) is 5.41 Å². The largest absolute Gasteiger partial charge is 0.481 e. The van der Waals surface area contributed by atoms with Crippen molar-refractivity contribution in [2.24, 2.45) is 11.3 Å². The van der Waals surface area contributed by atoms with E-state index in [1.807, 2.05) is 20.8 Å². The molecule has 1 N–H and O–H groups in total. The average Bonchev–Trinajstić information content (AvgIpc) is 2.81. The summed E-state index contributed by atoms with van der Waals surface area (Å²) in [4.78, 5) is 27.2. The van der Waals surface area contributed by atoms with Gasteiger partial charge in [-0.2, -0.15) is 0 Å². The molecule has 1 unspecified atom stereocenters. The third-order valence-electron chi connectivity index (χ3n) is 4.10. The Balaban J connectivity index is 2.82. The van der Waals surface area contributed by atoms with Crippen molar-refractivity contribution >= 4 is 12.0 Å². The van der Waals surface area contributed by atoms with Crippen molar-refractivity contribution in [1.29, 1.82) is 0 Å². The molecule has 1 atom stereocenters. The second-order valence-electron chi connectivity index (χ2n) is 5.40. The number of urea groups is 1. The summed E-state index contributed by atoms with van der Waals surface area (Å²) in [5.74, 6) is -0.790. The Kier molecular flexibility index (Phi) is 4.97. The summed E-state index contributed by atoms with van der Waals surface area (Å²) in [5, 5.41) is 9.47. The van der Waals surface area contributed by atoms with Crippen LogP contribution in [0.15, 0.2) is 12.7 Å². The van der Waals surface area contributed by atoms with Crippen LogP contribution in [0.5, 0.6) is 0 Å². The molecule has 0 aromatic heterocycles. The van der Waals surface area contributed by atoms with Gasteiger partial charge in [-0.1, -0.05) is 19.9 Å². The van der Waals surface area contributed by atoms with Crippen LogP contribution in [0.2, 0.25) is 0 Å². The lowest BCUT2D eigenvalue weighted by Crippen LogP contribution is -2.45. The number of carbonyl (C=O) groups excluding carboxylic acids is 1. The van der Waals surface area contributed by atoms with Crippen LogP contribution in [0.4, 0.5) is 4.79 Å². The molecule has 0 aromatic carbocycles. The molecule has 0 radical (unpaired) electrons. The lowest BCUT2D eigenvalue weighted by atomic mass is 9.76. The van der Waals surface area contributed by atoms with Crippen LogP contribution in [0, 0.1) is 11.3 Å². The van der Waals surface area contributed by atoms with Gasteiger partial charge >= 0.3 is 12.0 Å². The van der Waals surface area contributed by atoms with Crippen LogP contribution in [-0.4, -0.2) is 53.1 Å². The van der Waals surface area contributed by atoms with Crippen molar-refractivity contribution in [2.45, 2.75) is 27.2 Å². The molecule has 1 heterocycles. The standard InChI is InChI=1S/C14H24N2O3/c1-5-8-15(6-2)13(19)16-9-7-14(10-16,11(3)4)12(17)18/h5,11H,1,6-10H2,2-4H3,(H,17,18). The molecule has 0 bridgehead atoms. The predicted molar refractivity (Wildman–Crippen MR) is 73.9 cm³/mol. The van der Waals surface area contributed by atoms with E-state index >= 15 is 0 Å². The van der Waals surface area contributed by atoms with Crippen molar-refractivity contribution in [3.63, 3.8) is 0 Å². The Morgan fingerprint density at radius 3 is 2.53 bits per heavy atom. The minimum atomic E-state index is -0.802. The molecular weight excluding hydrogens is 244 g/mol. The van der Waals surface area contributed by atoms with Gasteiger partial charge < -0.3 is 14.9 Å². The highest BCUT2D eigenvalue weighted by atomic mass is 16.4. The molecule has 5 nitrogen and oxygen atoms in total. The Morgan fingerprint density at radius 2 is 2.16 bits per heavy atom. The molecule has 19 heavy (non-hydrogen) atoms. The number of hydrogen-bond donors (Lipinski definition) is 1. The number of likely N-dealkylation sites (N-methyl/N-ethyl adjacent to an activating group) is 1. The van der Waals surface area contributed by atoms with Gasteiger partial charge in [0.2, 0.25) is 0 Å². The van der Waals surface area contributed by atoms with Gasteiger partial charge in [0.25, 0.3) is 0 Å². The summed E-state index contributed by atoms with van der Waals surface area (Å²) >= 11 is 0. The van der Waals surface area contributed by atoms with Crippen LogP contribution in [0.25, 0.3) is 0 Å². The normalized spacial score (nSPS) is 22.6. The second kappa shape index (κ2) is 6.08. The fourth-order valence-corrected chi connectivity index (χ4v) is 2.59. The first-order valence-corrected chi connectivity index (χ1v) is 6.77. The number of likely N-dealkylation sites (tertiary alicyclic amines) is 1. The molecule has 0 saturated carbocycles. The fraction of sp³-hybridized carbons (Fsp3) is 0.714. The number of rotatable bonds is 5. The average molecular weight is 268 g/mol. The molecular formula is C14H24N2O3. The molecule has 1 aliphatic rings. The predicted octanol–water partition coefficient (Wildman–Crippen LogP) is 2.05. The minimum Gasteiger partial charge on any atom is -0.481 e. The van der Waals surface area contributed by atoms with Crippen molar-refractivity contribution in [1.82, 2.24) is 9.80 Å². The number of nitrogens with zero attached hydrogens (tertiary/aromatic N) is 2. The van der Waals surface area contributed by atoms with Gasteiger partial charge in [-0.05, 0) is 19.3 Å². The third-order valence-corrected chi connectivity index (χ3v) is 4.10. The number of carboxylic acid groups (broad SMARTS) is 1. The number of amides is 2. The minimum absolute atomic E-state index is 0.0114. The zero-order valence-corrected chi connectivity index (χ0v) is 12.1.